The highest BCUT2D eigenvalue weighted by Crippen LogP contribution is 2.23. The van der Waals surface area contributed by atoms with Gasteiger partial charge in [0.1, 0.15) is 0 Å². The van der Waals surface area contributed by atoms with Gasteiger partial charge in [0, 0.05) is 6.04 Å². The predicted molar refractivity (Wildman–Crippen MR) is 64.2 cm³/mol. The number of nitrogens with two attached hydrogens (primary N) is 1. The van der Waals surface area contributed by atoms with Gasteiger partial charge in [0.05, 0.1) is 6.61 Å². The fourth-order valence-corrected chi connectivity index (χ4v) is 2.20. The van der Waals surface area contributed by atoms with Crippen LogP contribution in [0, 0.1) is 5.92 Å². The normalized spacial score (nSPS) is 26.1. The van der Waals surface area contributed by atoms with Crippen LogP contribution >= 0.6 is 0 Å². The first-order valence-corrected chi connectivity index (χ1v) is 6.27. The third-order valence-electron chi connectivity index (χ3n) is 3.11. The topological polar surface area (TPSA) is 81.4 Å². The van der Waals surface area contributed by atoms with Crippen molar-refractivity contribution in [2.45, 2.75) is 51.6 Å². The minimum absolute atomic E-state index is 0.145. The van der Waals surface area contributed by atoms with E-state index in [4.69, 9.17) is 10.5 Å². The van der Waals surface area contributed by atoms with E-state index in [1.165, 1.54) is 6.42 Å². The Bertz CT molecular complexity index is 281. The minimum atomic E-state index is -1.20. The summed E-state index contributed by atoms with van der Waals surface area (Å²) in [7, 11) is 0. The Kier molecular flexibility index (Phi) is 5.41. The molecule has 3 atom stereocenters. The minimum Gasteiger partial charge on any atom is -0.464 e. The van der Waals surface area contributed by atoms with Crippen LogP contribution in [0.25, 0.3) is 0 Å². The predicted octanol–water partition coefficient (Wildman–Crippen LogP) is 0.572. The molecule has 0 aliphatic heterocycles. The molecule has 0 aromatic heterocycles. The molecular formula is C12H22N2O3. The lowest BCUT2D eigenvalue weighted by Gasteiger charge is -2.28. The lowest BCUT2D eigenvalue weighted by atomic mass is 9.87. The molecule has 0 radical (unpaired) electrons. The maximum absolute atomic E-state index is 11.7. The molecule has 1 saturated carbocycles. The molecule has 0 saturated heterocycles. The number of hydrogen-bond acceptors (Lipinski definition) is 4. The molecule has 3 unspecified atom stereocenters. The standard InChI is InChI=1S/C12H22N2O3/c1-3-17-12(16)10(13)11(15)14-9-6-4-5-8(2)7-9/h8-10H,3-7,13H2,1-2H3,(H,14,15). The Morgan fingerprint density at radius 1 is 1.47 bits per heavy atom. The number of carbonyl (C=O) groups is 2. The van der Waals surface area contributed by atoms with Crippen LogP contribution in [0.15, 0.2) is 0 Å². The molecule has 0 heterocycles. The molecule has 17 heavy (non-hydrogen) atoms. The fourth-order valence-electron chi connectivity index (χ4n) is 2.20. The van der Waals surface area contributed by atoms with Crippen molar-refractivity contribution in [3.63, 3.8) is 0 Å². The summed E-state index contributed by atoms with van der Waals surface area (Å²) >= 11 is 0. The van der Waals surface area contributed by atoms with Crippen molar-refractivity contribution in [2.75, 3.05) is 6.61 Å². The van der Waals surface area contributed by atoms with E-state index < -0.39 is 17.9 Å². The van der Waals surface area contributed by atoms with Crippen LogP contribution in [0.1, 0.15) is 39.5 Å². The number of carbonyl (C=O) groups excluding carboxylic acids is 2. The van der Waals surface area contributed by atoms with Crippen molar-refractivity contribution >= 4 is 11.9 Å². The number of hydrogen-bond donors (Lipinski definition) is 2. The van der Waals surface area contributed by atoms with Gasteiger partial charge in [0.15, 0.2) is 6.04 Å². The number of nitrogens with one attached hydrogen (secondary N) is 1. The van der Waals surface area contributed by atoms with Gasteiger partial charge in [-0.25, -0.2) is 4.79 Å². The number of ether oxygens (including phenoxy) is 1. The molecule has 1 aliphatic rings. The largest absolute Gasteiger partial charge is 0.464 e. The first kappa shape index (κ1) is 14.0. The average molecular weight is 242 g/mol. The van der Waals surface area contributed by atoms with Gasteiger partial charge < -0.3 is 15.8 Å². The van der Waals surface area contributed by atoms with Crippen LogP contribution in [-0.4, -0.2) is 30.6 Å². The van der Waals surface area contributed by atoms with E-state index >= 15 is 0 Å². The zero-order chi connectivity index (χ0) is 12.8. The average Bonchev–Trinajstić information content (AvgIpc) is 2.28. The molecule has 1 fully saturated rings. The lowest BCUT2D eigenvalue weighted by Crippen LogP contribution is -2.50. The van der Waals surface area contributed by atoms with Crippen molar-refractivity contribution in [2.24, 2.45) is 11.7 Å². The summed E-state index contributed by atoms with van der Waals surface area (Å²) in [5, 5.41) is 2.82. The highest BCUT2D eigenvalue weighted by molar-refractivity contribution is 6.01. The summed E-state index contributed by atoms with van der Waals surface area (Å²) in [6.07, 6.45) is 4.24. The van der Waals surface area contributed by atoms with E-state index in [0.29, 0.717) is 5.92 Å². The molecule has 5 nitrogen and oxygen atoms in total. The summed E-state index contributed by atoms with van der Waals surface area (Å²) < 4.78 is 4.71. The van der Waals surface area contributed by atoms with E-state index in [9.17, 15) is 9.59 Å². The number of rotatable bonds is 4. The number of amides is 1. The van der Waals surface area contributed by atoms with Crippen LogP contribution in [0.3, 0.4) is 0 Å². The molecule has 1 amide bonds. The van der Waals surface area contributed by atoms with Crippen LogP contribution < -0.4 is 11.1 Å². The first-order chi connectivity index (χ1) is 8.04. The highest BCUT2D eigenvalue weighted by Gasteiger charge is 2.27. The molecule has 3 N–H and O–H groups in total. The molecule has 0 aromatic carbocycles. The second kappa shape index (κ2) is 6.59. The summed E-state index contributed by atoms with van der Waals surface area (Å²) in [5.41, 5.74) is 5.51. The van der Waals surface area contributed by atoms with Gasteiger partial charge in [-0.2, -0.15) is 0 Å². The van der Waals surface area contributed by atoms with Crippen molar-refractivity contribution in [1.29, 1.82) is 0 Å². The second-order valence-electron chi connectivity index (χ2n) is 4.71. The Morgan fingerprint density at radius 2 is 2.18 bits per heavy atom. The molecule has 0 aromatic rings. The van der Waals surface area contributed by atoms with Gasteiger partial charge in [0.2, 0.25) is 5.91 Å². The molecule has 5 heteroatoms. The van der Waals surface area contributed by atoms with Crippen molar-refractivity contribution in [3.05, 3.63) is 0 Å². The Balaban J connectivity index is 2.39. The van der Waals surface area contributed by atoms with Crippen molar-refractivity contribution in [1.82, 2.24) is 5.32 Å². The van der Waals surface area contributed by atoms with E-state index in [1.54, 1.807) is 6.92 Å². The Labute approximate surface area is 102 Å². The fraction of sp³-hybridized carbons (Fsp3) is 0.833. The number of esters is 1. The van der Waals surface area contributed by atoms with Crippen LogP contribution in [-0.2, 0) is 14.3 Å². The van der Waals surface area contributed by atoms with E-state index in [-0.39, 0.29) is 12.6 Å². The van der Waals surface area contributed by atoms with Crippen molar-refractivity contribution < 1.29 is 14.3 Å². The molecular weight excluding hydrogens is 220 g/mol. The van der Waals surface area contributed by atoms with Crippen LogP contribution in [0.5, 0.6) is 0 Å². The molecule has 0 bridgehead atoms. The molecule has 98 valence electrons. The Morgan fingerprint density at radius 3 is 2.76 bits per heavy atom. The van der Waals surface area contributed by atoms with Gasteiger partial charge in [0.25, 0.3) is 0 Å². The zero-order valence-electron chi connectivity index (χ0n) is 10.6. The van der Waals surface area contributed by atoms with Crippen LogP contribution in [0.4, 0.5) is 0 Å². The van der Waals surface area contributed by atoms with E-state index in [2.05, 4.69) is 12.2 Å². The van der Waals surface area contributed by atoms with Gasteiger partial charge >= 0.3 is 5.97 Å². The lowest BCUT2D eigenvalue weighted by molar-refractivity contribution is -0.148. The third kappa shape index (κ3) is 4.34. The quantitative estimate of drug-likeness (QED) is 0.558. The van der Waals surface area contributed by atoms with Gasteiger partial charge in [-0.15, -0.1) is 0 Å². The molecule has 0 spiro atoms. The van der Waals surface area contributed by atoms with Gasteiger partial charge in [-0.3, -0.25) is 4.79 Å². The highest BCUT2D eigenvalue weighted by atomic mass is 16.5. The molecule has 1 rings (SSSR count). The van der Waals surface area contributed by atoms with Gasteiger partial charge in [-0.1, -0.05) is 19.8 Å². The SMILES string of the molecule is CCOC(=O)C(N)C(=O)NC1CCCC(C)C1. The second-order valence-corrected chi connectivity index (χ2v) is 4.71. The smallest absolute Gasteiger partial charge is 0.332 e. The van der Waals surface area contributed by atoms with Crippen LogP contribution in [0.2, 0.25) is 0 Å². The monoisotopic (exact) mass is 242 g/mol. The van der Waals surface area contributed by atoms with E-state index in [1.807, 2.05) is 0 Å². The summed E-state index contributed by atoms with van der Waals surface area (Å²) in [6.45, 7) is 4.09. The maximum Gasteiger partial charge on any atom is 0.332 e. The first-order valence-electron chi connectivity index (χ1n) is 6.27. The van der Waals surface area contributed by atoms with Gasteiger partial charge in [-0.05, 0) is 25.7 Å². The Hall–Kier alpha value is -1.10. The third-order valence-corrected chi connectivity index (χ3v) is 3.11. The summed E-state index contributed by atoms with van der Waals surface area (Å²) in [5.74, 6) is -0.468. The van der Waals surface area contributed by atoms with E-state index in [0.717, 1.165) is 19.3 Å². The summed E-state index contributed by atoms with van der Waals surface area (Å²) in [6, 6.07) is -1.06. The maximum atomic E-state index is 11.7. The van der Waals surface area contributed by atoms with Crippen molar-refractivity contribution in [3.8, 4) is 0 Å². The summed E-state index contributed by atoms with van der Waals surface area (Å²) in [4.78, 5) is 23.0. The zero-order valence-corrected chi connectivity index (χ0v) is 10.6. The molecule has 1 aliphatic carbocycles.